The standard InChI is InChI=1S/C16H15N5/c1-11(2)13-9-6-10-14-15(13)20-16(17-14)18-21(19-20)12-7-4-3-5-8-12/h3-11H,1-2H3. The van der Waals surface area contributed by atoms with E-state index in [1.165, 1.54) is 5.56 Å². The first-order valence-corrected chi connectivity index (χ1v) is 7.04. The molecule has 0 aliphatic heterocycles. The van der Waals surface area contributed by atoms with Crippen molar-refractivity contribution in [2.45, 2.75) is 19.8 Å². The topological polar surface area (TPSA) is 48.2 Å². The molecule has 0 spiro atoms. The van der Waals surface area contributed by atoms with E-state index in [1.807, 2.05) is 47.0 Å². The fourth-order valence-electron chi connectivity index (χ4n) is 2.60. The van der Waals surface area contributed by atoms with Crippen LogP contribution >= 0.6 is 0 Å². The molecule has 4 rings (SSSR count). The van der Waals surface area contributed by atoms with Gasteiger partial charge in [-0.05, 0) is 24.1 Å². The summed E-state index contributed by atoms with van der Waals surface area (Å²) in [6.45, 7) is 4.35. The molecule has 2 heterocycles. The lowest BCUT2D eigenvalue weighted by Crippen LogP contribution is -2.38. The highest BCUT2D eigenvalue weighted by Crippen LogP contribution is 2.24. The van der Waals surface area contributed by atoms with Gasteiger partial charge in [0, 0.05) is 10.8 Å². The second-order valence-electron chi connectivity index (χ2n) is 5.41. The number of nitrogens with zero attached hydrogens (tertiary/aromatic N) is 5. The highest BCUT2D eigenvalue weighted by molar-refractivity contribution is 5.82. The van der Waals surface area contributed by atoms with Crippen molar-refractivity contribution >= 4 is 16.8 Å². The van der Waals surface area contributed by atoms with Crippen LogP contribution in [0.5, 0.6) is 0 Å². The van der Waals surface area contributed by atoms with Gasteiger partial charge in [0.15, 0.2) is 11.2 Å². The van der Waals surface area contributed by atoms with Crippen molar-refractivity contribution in [2.24, 2.45) is 0 Å². The average molecular weight is 277 g/mol. The van der Waals surface area contributed by atoms with Crippen molar-refractivity contribution in [1.82, 2.24) is 19.8 Å². The first-order valence-electron chi connectivity index (χ1n) is 7.04. The molecule has 0 aliphatic rings. The Morgan fingerprint density at radius 1 is 1.05 bits per heavy atom. The lowest BCUT2D eigenvalue weighted by atomic mass is 10.0. The van der Waals surface area contributed by atoms with Crippen molar-refractivity contribution in [3.05, 3.63) is 54.1 Å². The number of aromatic nitrogens is 5. The van der Waals surface area contributed by atoms with Crippen LogP contribution in [0.2, 0.25) is 0 Å². The first-order chi connectivity index (χ1) is 10.2. The highest BCUT2D eigenvalue weighted by Gasteiger charge is 2.17. The third kappa shape index (κ3) is 1.81. The Labute approximate surface area is 121 Å². The third-order valence-electron chi connectivity index (χ3n) is 3.64. The molecule has 21 heavy (non-hydrogen) atoms. The van der Waals surface area contributed by atoms with Gasteiger partial charge in [-0.15, -0.1) is 9.61 Å². The fourth-order valence-corrected chi connectivity index (χ4v) is 2.60. The van der Waals surface area contributed by atoms with Crippen molar-refractivity contribution < 1.29 is 4.80 Å². The van der Waals surface area contributed by atoms with Gasteiger partial charge in [0.2, 0.25) is 0 Å². The maximum atomic E-state index is 4.57. The Morgan fingerprint density at radius 2 is 1.86 bits per heavy atom. The van der Waals surface area contributed by atoms with E-state index in [0.29, 0.717) is 11.7 Å². The average Bonchev–Trinajstić information content (AvgIpc) is 3.05. The molecule has 0 unspecified atom stereocenters. The van der Waals surface area contributed by atoms with Gasteiger partial charge in [0.05, 0.1) is 5.52 Å². The predicted molar refractivity (Wildman–Crippen MR) is 79.4 cm³/mol. The minimum atomic E-state index is 0.412. The summed E-state index contributed by atoms with van der Waals surface area (Å²) in [6.07, 6.45) is 0. The van der Waals surface area contributed by atoms with E-state index in [2.05, 4.69) is 35.2 Å². The summed E-state index contributed by atoms with van der Waals surface area (Å²) >= 11 is 0. The maximum Gasteiger partial charge on any atom is 0.266 e. The SMILES string of the molecule is CC(C)c1cccc2nc3[n-][n+](-c4ccccc4)nn3c12. The van der Waals surface area contributed by atoms with E-state index >= 15 is 0 Å². The number of imidazole rings is 1. The van der Waals surface area contributed by atoms with Gasteiger partial charge < -0.3 is 0 Å². The molecule has 2 aromatic carbocycles. The second-order valence-corrected chi connectivity index (χ2v) is 5.41. The van der Waals surface area contributed by atoms with Crippen LogP contribution in [0.1, 0.15) is 25.3 Å². The Kier molecular flexibility index (Phi) is 2.54. The molecule has 0 saturated heterocycles. The number of para-hydroxylation sites is 2. The van der Waals surface area contributed by atoms with Crippen molar-refractivity contribution in [3.63, 3.8) is 0 Å². The van der Waals surface area contributed by atoms with Crippen molar-refractivity contribution in [2.75, 3.05) is 0 Å². The van der Waals surface area contributed by atoms with Gasteiger partial charge in [-0.2, -0.15) is 0 Å². The van der Waals surface area contributed by atoms with Crippen LogP contribution in [0, 0.1) is 0 Å². The minimum Gasteiger partial charge on any atom is -0.283 e. The van der Waals surface area contributed by atoms with Crippen LogP contribution in [-0.4, -0.2) is 14.7 Å². The zero-order valence-corrected chi connectivity index (χ0v) is 11.9. The molecule has 0 amide bonds. The highest BCUT2D eigenvalue weighted by atomic mass is 15.6. The Hall–Kier alpha value is -2.69. The number of tetrazole rings is 1. The summed E-state index contributed by atoms with van der Waals surface area (Å²) in [5.74, 6) is 1.04. The lowest BCUT2D eigenvalue weighted by molar-refractivity contribution is -0.721. The quantitative estimate of drug-likeness (QED) is 0.528. The number of hydrogen-bond acceptors (Lipinski definition) is 2. The molecule has 0 atom stereocenters. The second kappa shape index (κ2) is 4.41. The summed E-state index contributed by atoms with van der Waals surface area (Å²) in [5, 5.41) is 9.05. The molecular weight excluding hydrogens is 262 g/mol. The van der Waals surface area contributed by atoms with Crippen LogP contribution in [0.25, 0.3) is 22.5 Å². The smallest absolute Gasteiger partial charge is 0.266 e. The zero-order chi connectivity index (χ0) is 14.4. The molecule has 0 fully saturated rings. The van der Waals surface area contributed by atoms with E-state index in [4.69, 9.17) is 0 Å². The molecule has 104 valence electrons. The number of rotatable bonds is 2. The first kappa shape index (κ1) is 12.1. The molecule has 2 aromatic heterocycles. The third-order valence-corrected chi connectivity index (χ3v) is 3.64. The summed E-state index contributed by atoms with van der Waals surface area (Å²) < 4.78 is 1.83. The van der Waals surface area contributed by atoms with Gasteiger partial charge >= 0.3 is 0 Å². The van der Waals surface area contributed by atoms with Crippen molar-refractivity contribution in [1.29, 1.82) is 0 Å². The van der Waals surface area contributed by atoms with Crippen LogP contribution < -0.4 is 9.90 Å². The zero-order valence-electron chi connectivity index (χ0n) is 11.9. The molecule has 4 aromatic rings. The monoisotopic (exact) mass is 277 g/mol. The van der Waals surface area contributed by atoms with Crippen LogP contribution in [0.3, 0.4) is 0 Å². The lowest BCUT2D eigenvalue weighted by Gasteiger charge is -2.04. The summed E-state index contributed by atoms with van der Waals surface area (Å²) in [5.41, 5.74) is 4.15. The van der Waals surface area contributed by atoms with Gasteiger partial charge in [-0.1, -0.05) is 49.0 Å². The van der Waals surface area contributed by atoms with E-state index in [-0.39, 0.29) is 0 Å². The van der Waals surface area contributed by atoms with Gasteiger partial charge in [0.25, 0.3) is 5.78 Å². The number of benzene rings is 2. The maximum absolute atomic E-state index is 4.57. The summed E-state index contributed by atoms with van der Waals surface area (Å²) in [4.78, 5) is 6.20. The molecular formula is C16H15N5. The summed E-state index contributed by atoms with van der Waals surface area (Å²) in [7, 11) is 0. The molecule has 0 bridgehead atoms. The number of hydrogen-bond donors (Lipinski definition) is 0. The number of fused-ring (bicyclic) bond motifs is 3. The van der Waals surface area contributed by atoms with E-state index in [9.17, 15) is 0 Å². The molecule has 0 radical (unpaired) electrons. The van der Waals surface area contributed by atoms with Crippen molar-refractivity contribution in [3.8, 4) is 5.69 Å². The predicted octanol–water partition coefficient (Wildman–Crippen LogP) is 2.24. The van der Waals surface area contributed by atoms with Crippen LogP contribution in [0.15, 0.2) is 48.5 Å². The summed E-state index contributed by atoms with van der Waals surface area (Å²) in [6, 6.07) is 16.0. The van der Waals surface area contributed by atoms with Crippen LogP contribution in [-0.2, 0) is 0 Å². The van der Waals surface area contributed by atoms with Crippen LogP contribution in [0.4, 0.5) is 0 Å². The fraction of sp³-hybridized carbons (Fsp3) is 0.188. The molecule has 0 N–H and O–H groups in total. The molecule has 0 aliphatic carbocycles. The van der Waals surface area contributed by atoms with E-state index in [0.717, 1.165) is 16.7 Å². The normalized spacial score (nSPS) is 11.8. The van der Waals surface area contributed by atoms with E-state index < -0.39 is 0 Å². The molecule has 5 nitrogen and oxygen atoms in total. The van der Waals surface area contributed by atoms with Gasteiger partial charge in [0.1, 0.15) is 0 Å². The Balaban J connectivity index is 2.01. The Bertz CT molecular complexity index is 918. The van der Waals surface area contributed by atoms with Gasteiger partial charge in [-0.3, -0.25) is 4.98 Å². The Morgan fingerprint density at radius 3 is 2.62 bits per heavy atom. The van der Waals surface area contributed by atoms with E-state index in [1.54, 1.807) is 4.80 Å². The molecule has 0 saturated carbocycles. The largest absolute Gasteiger partial charge is 0.283 e. The minimum absolute atomic E-state index is 0.412. The van der Waals surface area contributed by atoms with Gasteiger partial charge in [-0.25, -0.2) is 0 Å². The molecule has 5 heteroatoms.